The van der Waals surface area contributed by atoms with Crippen molar-refractivity contribution in [1.29, 1.82) is 0 Å². The average Bonchev–Trinajstić information content (AvgIpc) is 3.19. The fourth-order valence-corrected chi connectivity index (χ4v) is 6.46. The largest absolute Gasteiger partial charge is 0.418 e. The summed E-state index contributed by atoms with van der Waals surface area (Å²) < 4.78 is 68.1. The third kappa shape index (κ3) is 4.17. The number of alkyl halides is 4. The first kappa shape index (κ1) is 26.5. The zero-order valence-electron chi connectivity index (χ0n) is 22.7. The first-order chi connectivity index (χ1) is 19.5. The highest BCUT2D eigenvalue weighted by molar-refractivity contribution is 5.58. The van der Waals surface area contributed by atoms with Gasteiger partial charge in [0.25, 0.3) is 0 Å². The number of rotatable bonds is 6. The molecular formula is C29H30F4N6O2+. The van der Waals surface area contributed by atoms with Gasteiger partial charge >= 0.3 is 24.4 Å². The quantitative estimate of drug-likeness (QED) is 0.313. The maximum Gasteiger partial charge on any atom is 0.418 e. The van der Waals surface area contributed by atoms with Gasteiger partial charge in [0.15, 0.2) is 6.17 Å². The Morgan fingerprint density at radius 1 is 1.12 bits per heavy atom. The van der Waals surface area contributed by atoms with E-state index in [1.165, 1.54) is 46.8 Å². The minimum Gasteiger partial charge on any atom is -0.379 e. The molecule has 2 aromatic heterocycles. The second kappa shape index (κ2) is 9.06. The third-order valence-electron chi connectivity index (χ3n) is 9.43. The van der Waals surface area contributed by atoms with E-state index in [0.29, 0.717) is 22.2 Å². The normalized spacial score (nSPS) is 23.2. The molecule has 0 amide bonds. The van der Waals surface area contributed by atoms with E-state index in [1.807, 2.05) is 6.92 Å². The van der Waals surface area contributed by atoms with Gasteiger partial charge in [-0.2, -0.15) is 13.2 Å². The summed E-state index contributed by atoms with van der Waals surface area (Å²) in [5.74, 6) is 0. The number of hydrogen-bond donors (Lipinski definition) is 0. The molecule has 3 fully saturated rings. The van der Waals surface area contributed by atoms with Gasteiger partial charge in [-0.1, -0.05) is 12.1 Å². The summed E-state index contributed by atoms with van der Waals surface area (Å²) >= 11 is 0. The van der Waals surface area contributed by atoms with E-state index in [9.17, 15) is 18.0 Å². The Hall–Kier alpha value is -3.38. The van der Waals surface area contributed by atoms with Crippen LogP contribution in [-0.4, -0.2) is 64.3 Å². The second-order valence-corrected chi connectivity index (χ2v) is 12.0. The lowest BCUT2D eigenvalue weighted by Gasteiger charge is -2.44. The molecule has 7 rings (SSSR count). The number of halogens is 4. The van der Waals surface area contributed by atoms with Crippen LogP contribution < -0.4 is 5.69 Å². The van der Waals surface area contributed by atoms with Crippen LogP contribution in [0.3, 0.4) is 0 Å². The van der Waals surface area contributed by atoms with Gasteiger partial charge in [-0.05, 0) is 72.6 Å². The Morgan fingerprint density at radius 3 is 2.51 bits per heavy atom. The van der Waals surface area contributed by atoms with Crippen molar-refractivity contribution in [2.75, 3.05) is 33.4 Å². The van der Waals surface area contributed by atoms with E-state index in [-0.39, 0.29) is 30.9 Å². The Morgan fingerprint density at radius 2 is 1.90 bits per heavy atom. The molecule has 3 aromatic rings. The summed E-state index contributed by atoms with van der Waals surface area (Å²) in [5.41, 5.74) is -1.10. The van der Waals surface area contributed by atoms with E-state index in [0.717, 1.165) is 23.9 Å². The number of fused-ring (bicyclic) bond motifs is 1. The molecule has 0 unspecified atom stereocenters. The number of hydrogen-bond acceptors (Lipinski definition) is 5. The molecule has 2 atom stereocenters. The molecule has 12 heteroatoms. The van der Waals surface area contributed by atoms with Gasteiger partial charge in [-0.3, -0.25) is 13.9 Å². The maximum absolute atomic E-state index is 15.9. The highest BCUT2D eigenvalue weighted by Crippen LogP contribution is 2.54. The fraction of sp³-hybridized carbons (Fsp3) is 0.483. The van der Waals surface area contributed by atoms with Gasteiger partial charge in [0.2, 0.25) is 0 Å². The summed E-state index contributed by atoms with van der Waals surface area (Å²) in [6, 6.07) is 7.58. The molecular weight excluding hydrogens is 540 g/mol. The number of likely N-dealkylation sites (tertiary alicyclic amines) is 1. The molecule has 1 aliphatic carbocycles. The third-order valence-corrected chi connectivity index (χ3v) is 9.43. The van der Waals surface area contributed by atoms with Crippen LogP contribution in [0.15, 0.2) is 57.7 Å². The van der Waals surface area contributed by atoms with Gasteiger partial charge in [-0.25, -0.2) is 13.8 Å². The van der Waals surface area contributed by atoms with Crippen LogP contribution in [0, 0.1) is 11.6 Å². The van der Waals surface area contributed by atoms with E-state index in [2.05, 4.69) is 15.1 Å². The van der Waals surface area contributed by atoms with Crippen molar-refractivity contribution in [3.8, 4) is 5.69 Å². The smallest absolute Gasteiger partial charge is 0.379 e. The predicted molar refractivity (Wildman–Crippen MR) is 142 cm³/mol. The molecule has 1 spiro atoms. The molecule has 2 saturated heterocycles. The summed E-state index contributed by atoms with van der Waals surface area (Å²) in [6.07, 6.45) is 1.50. The predicted octanol–water partition coefficient (Wildman–Crippen LogP) is 4.89. The standard InChI is InChI=1S/C29H30F4N6O2/c1-18(37-9-8-27(14-37)6-7-27)19-10-22(29(31,32)33)23-13-38(26(40)39(23)12-19)21-5-3-4-20(11-21)28(15-41-16-28)24(30)25-35-34-17-36(25)2/h3-5,10-13,17-18,24H,6-9,14-16H2,1-2H3/q+1/t18-,24+/m1/s1. The van der Waals surface area contributed by atoms with Crippen LogP contribution in [0.5, 0.6) is 0 Å². The van der Waals surface area contributed by atoms with Crippen molar-refractivity contribution < 1.29 is 26.9 Å². The van der Waals surface area contributed by atoms with E-state index < -0.39 is 29.0 Å². The molecule has 4 aliphatic rings. The number of benzene rings is 1. The van der Waals surface area contributed by atoms with Crippen molar-refractivity contribution in [3.63, 3.8) is 0 Å². The highest BCUT2D eigenvalue weighted by Gasteiger charge is 2.55. The van der Waals surface area contributed by atoms with Crippen molar-refractivity contribution in [1.82, 2.24) is 13.9 Å². The number of aromatic nitrogens is 2. The van der Waals surface area contributed by atoms with Crippen LogP contribution in [-0.2, 0) is 16.3 Å². The SMILES string of the molecule is C[C@H](c1cc(C(F)(F)F)c2cn(-c3cccc(C4([C@@H](F)[C]5N=NC=[N+]5C)COC4)c3)c(=O)n2c1)N1CCC2(CC2)C1. The molecule has 41 heavy (non-hydrogen) atoms. The highest BCUT2D eigenvalue weighted by atomic mass is 19.4. The monoisotopic (exact) mass is 570 g/mol. The molecule has 0 bridgehead atoms. The molecule has 1 aromatic carbocycles. The second-order valence-electron chi connectivity index (χ2n) is 12.0. The Kier molecular flexibility index (Phi) is 5.86. The molecule has 1 saturated carbocycles. The molecule has 215 valence electrons. The lowest BCUT2D eigenvalue weighted by molar-refractivity contribution is -0.485. The number of nitrogens with zero attached hydrogens (tertiary/aromatic N) is 6. The van der Waals surface area contributed by atoms with Gasteiger partial charge in [-0.15, -0.1) is 0 Å². The lowest BCUT2D eigenvalue weighted by Crippen LogP contribution is -2.56. The molecule has 1 radical (unpaired) electrons. The van der Waals surface area contributed by atoms with Gasteiger partial charge in [0, 0.05) is 25.0 Å². The van der Waals surface area contributed by atoms with Crippen molar-refractivity contribution in [2.45, 2.75) is 50.0 Å². The lowest BCUT2D eigenvalue weighted by atomic mass is 9.73. The Bertz CT molecular complexity index is 1650. The minimum atomic E-state index is -4.66. The first-order valence-electron chi connectivity index (χ1n) is 13.8. The summed E-state index contributed by atoms with van der Waals surface area (Å²) in [6.45, 7) is 3.78. The first-order valence-corrected chi connectivity index (χ1v) is 13.8. The average molecular weight is 571 g/mol. The van der Waals surface area contributed by atoms with Crippen LogP contribution >= 0.6 is 0 Å². The van der Waals surface area contributed by atoms with Crippen LogP contribution in [0.1, 0.15) is 48.9 Å². The minimum absolute atomic E-state index is 0.0916. The Labute approximate surface area is 233 Å². The number of azo groups is 1. The van der Waals surface area contributed by atoms with Crippen molar-refractivity contribution >= 4 is 11.9 Å². The number of imidazole rings is 1. The molecule has 8 nitrogen and oxygen atoms in total. The summed E-state index contributed by atoms with van der Waals surface area (Å²) in [5, 5.41) is 7.70. The van der Waals surface area contributed by atoms with Crippen molar-refractivity contribution in [3.05, 3.63) is 76.1 Å². The van der Waals surface area contributed by atoms with E-state index in [1.54, 1.807) is 31.3 Å². The number of ether oxygens (including phenoxy) is 1. The topological polar surface area (TPSA) is 66.6 Å². The zero-order valence-corrected chi connectivity index (χ0v) is 22.7. The van der Waals surface area contributed by atoms with Gasteiger partial charge in [0.1, 0.15) is 0 Å². The number of pyridine rings is 1. The van der Waals surface area contributed by atoms with E-state index in [4.69, 9.17) is 4.74 Å². The van der Waals surface area contributed by atoms with Crippen LogP contribution in [0.4, 0.5) is 17.6 Å². The van der Waals surface area contributed by atoms with E-state index >= 15 is 4.39 Å². The van der Waals surface area contributed by atoms with Crippen LogP contribution in [0.2, 0.25) is 0 Å². The summed E-state index contributed by atoms with van der Waals surface area (Å²) in [4.78, 5) is 15.9. The zero-order chi connectivity index (χ0) is 28.7. The Balaban J connectivity index is 1.29. The molecule has 5 heterocycles. The van der Waals surface area contributed by atoms with Crippen molar-refractivity contribution in [2.24, 2.45) is 15.6 Å². The van der Waals surface area contributed by atoms with Gasteiger partial charge in [0.05, 0.1) is 47.6 Å². The maximum atomic E-state index is 15.9. The van der Waals surface area contributed by atoms with Gasteiger partial charge < -0.3 is 4.74 Å². The van der Waals surface area contributed by atoms with Crippen LogP contribution in [0.25, 0.3) is 11.2 Å². The summed E-state index contributed by atoms with van der Waals surface area (Å²) in [7, 11) is 1.65. The molecule has 0 N–H and O–H groups in total. The molecule has 3 aliphatic heterocycles. The fourth-order valence-electron chi connectivity index (χ4n) is 6.46.